The van der Waals surface area contributed by atoms with E-state index in [0.29, 0.717) is 19.6 Å². The number of hydrogen-bond acceptors (Lipinski definition) is 5. The molecule has 1 aromatic carbocycles. The van der Waals surface area contributed by atoms with Gasteiger partial charge in [0.1, 0.15) is 12.4 Å². The highest BCUT2D eigenvalue weighted by Crippen LogP contribution is 2.28. The monoisotopic (exact) mass is 368 g/mol. The van der Waals surface area contributed by atoms with Crippen LogP contribution in [-0.2, 0) is 27.8 Å². The van der Waals surface area contributed by atoms with Crippen LogP contribution < -0.4 is 4.74 Å². The first-order valence-corrected chi connectivity index (χ1v) is 10.6. The molecule has 1 fully saturated rings. The molecule has 2 aliphatic heterocycles. The summed E-state index contributed by atoms with van der Waals surface area (Å²) in [5.74, 6) is 0.979. The standard InChI is InChI=1S/C18H28N2O4S/c1-3-10-25(21,22)20-13-17-11-16(12-19-6-8-23-9-7-19)4-5-18(17)24-14-15(20)2/h4-5,11,15H,3,6-10,12-14H2,1-2H3/t15-/m0/s1. The summed E-state index contributed by atoms with van der Waals surface area (Å²) < 4.78 is 38.1. The van der Waals surface area contributed by atoms with Crippen molar-refractivity contribution < 1.29 is 17.9 Å². The fraction of sp³-hybridized carbons (Fsp3) is 0.667. The molecule has 0 aliphatic carbocycles. The normalized spacial score (nSPS) is 22.9. The number of rotatable bonds is 5. The van der Waals surface area contributed by atoms with E-state index in [1.807, 2.05) is 19.9 Å². The van der Waals surface area contributed by atoms with Crippen molar-refractivity contribution in [3.8, 4) is 5.75 Å². The minimum absolute atomic E-state index is 0.161. The van der Waals surface area contributed by atoms with E-state index in [1.54, 1.807) is 4.31 Å². The lowest BCUT2D eigenvalue weighted by molar-refractivity contribution is 0.0342. The molecule has 7 heteroatoms. The van der Waals surface area contributed by atoms with Crippen LogP contribution in [0.2, 0.25) is 0 Å². The van der Waals surface area contributed by atoms with Gasteiger partial charge in [0, 0.05) is 31.7 Å². The number of sulfonamides is 1. The van der Waals surface area contributed by atoms with E-state index in [1.165, 1.54) is 5.56 Å². The number of ether oxygens (including phenoxy) is 2. The summed E-state index contributed by atoms with van der Waals surface area (Å²) in [6.45, 7) is 8.84. The fourth-order valence-electron chi connectivity index (χ4n) is 3.38. The maximum Gasteiger partial charge on any atom is 0.214 e. The Hall–Kier alpha value is -1.15. The van der Waals surface area contributed by atoms with Gasteiger partial charge in [-0.2, -0.15) is 4.31 Å². The van der Waals surface area contributed by atoms with Crippen LogP contribution in [0.5, 0.6) is 5.75 Å². The summed E-state index contributed by atoms with van der Waals surface area (Å²) in [5, 5.41) is 0. The first-order valence-electron chi connectivity index (χ1n) is 9.04. The Kier molecular flexibility index (Phi) is 5.99. The zero-order valence-electron chi connectivity index (χ0n) is 15.1. The highest BCUT2D eigenvalue weighted by Gasteiger charge is 2.30. The van der Waals surface area contributed by atoms with Gasteiger partial charge < -0.3 is 9.47 Å². The van der Waals surface area contributed by atoms with Crippen molar-refractivity contribution in [2.75, 3.05) is 38.7 Å². The molecule has 1 aromatic rings. The van der Waals surface area contributed by atoms with E-state index in [4.69, 9.17) is 9.47 Å². The Morgan fingerprint density at radius 2 is 2.00 bits per heavy atom. The lowest BCUT2D eigenvalue weighted by Gasteiger charge is -2.27. The molecular weight excluding hydrogens is 340 g/mol. The summed E-state index contributed by atoms with van der Waals surface area (Å²) in [5.41, 5.74) is 2.14. The van der Waals surface area contributed by atoms with Gasteiger partial charge in [-0.3, -0.25) is 4.90 Å². The number of fused-ring (bicyclic) bond motifs is 1. The Labute approximate surface area is 150 Å². The molecule has 0 amide bonds. The summed E-state index contributed by atoms with van der Waals surface area (Å²) in [4.78, 5) is 2.36. The molecular formula is C18H28N2O4S. The minimum Gasteiger partial charge on any atom is -0.492 e. The third kappa shape index (κ3) is 4.53. The van der Waals surface area contributed by atoms with Crippen LogP contribution >= 0.6 is 0 Å². The van der Waals surface area contributed by atoms with E-state index >= 15 is 0 Å². The third-order valence-electron chi connectivity index (χ3n) is 4.75. The van der Waals surface area contributed by atoms with Crippen LogP contribution in [0.1, 0.15) is 31.4 Å². The molecule has 25 heavy (non-hydrogen) atoms. The van der Waals surface area contributed by atoms with Gasteiger partial charge >= 0.3 is 0 Å². The largest absolute Gasteiger partial charge is 0.492 e. The molecule has 140 valence electrons. The molecule has 0 unspecified atom stereocenters. The summed E-state index contributed by atoms with van der Waals surface area (Å²) >= 11 is 0. The molecule has 1 atom stereocenters. The Morgan fingerprint density at radius 3 is 2.72 bits per heavy atom. The zero-order valence-corrected chi connectivity index (χ0v) is 15.9. The van der Waals surface area contributed by atoms with E-state index in [0.717, 1.165) is 44.2 Å². The van der Waals surface area contributed by atoms with Gasteiger partial charge in [0.25, 0.3) is 0 Å². The van der Waals surface area contributed by atoms with Crippen LogP contribution in [-0.4, -0.2) is 62.3 Å². The van der Waals surface area contributed by atoms with Crippen molar-refractivity contribution in [2.45, 2.75) is 39.4 Å². The van der Waals surface area contributed by atoms with Gasteiger partial charge in [0.05, 0.1) is 25.0 Å². The van der Waals surface area contributed by atoms with Gasteiger partial charge in [0.15, 0.2) is 0 Å². The highest BCUT2D eigenvalue weighted by atomic mass is 32.2. The maximum atomic E-state index is 12.6. The lowest BCUT2D eigenvalue weighted by atomic mass is 10.1. The van der Waals surface area contributed by atoms with Crippen LogP contribution in [0.4, 0.5) is 0 Å². The molecule has 1 saturated heterocycles. The highest BCUT2D eigenvalue weighted by molar-refractivity contribution is 7.89. The number of benzene rings is 1. The van der Waals surface area contributed by atoms with Crippen molar-refractivity contribution in [1.82, 2.24) is 9.21 Å². The number of hydrogen-bond donors (Lipinski definition) is 0. The molecule has 0 N–H and O–H groups in total. The Morgan fingerprint density at radius 1 is 1.24 bits per heavy atom. The van der Waals surface area contributed by atoms with E-state index in [2.05, 4.69) is 17.0 Å². The van der Waals surface area contributed by atoms with Gasteiger partial charge in [0.2, 0.25) is 10.0 Å². The molecule has 0 bridgehead atoms. The molecule has 0 spiro atoms. The van der Waals surface area contributed by atoms with E-state index < -0.39 is 10.0 Å². The Balaban J connectivity index is 1.80. The van der Waals surface area contributed by atoms with Crippen LogP contribution in [0.3, 0.4) is 0 Å². The molecule has 0 saturated carbocycles. The second-order valence-corrected chi connectivity index (χ2v) is 8.89. The number of morpholine rings is 1. The van der Waals surface area contributed by atoms with Crippen LogP contribution in [0, 0.1) is 0 Å². The molecule has 2 aliphatic rings. The molecule has 6 nitrogen and oxygen atoms in total. The zero-order chi connectivity index (χ0) is 17.9. The average Bonchev–Trinajstić information content (AvgIpc) is 2.75. The van der Waals surface area contributed by atoms with Gasteiger partial charge in [-0.25, -0.2) is 8.42 Å². The summed E-state index contributed by atoms with van der Waals surface area (Å²) in [6, 6.07) is 5.99. The maximum absolute atomic E-state index is 12.6. The quantitative estimate of drug-likeness (QED) is 0.794. The van der Waals surface area contributed by atoms with Crippen molar-refractivity contribution >= 4 is 10.0 Å². The van der Waals surface area contributed by atoms with Gasteiger partial charge in [-0.05, 0) is 31.0 Å². The molecule has 3 rings (SSSR count). The molecule has 0 aromatic heterocycles. The fourth-order valence-corrected chi connectivity index (χ4v) is 5.07. The van der Waals surface area contributed by atoms with Crippen molar-refractivity contribution in [2.24, 2.45) is 0 Å². The average molecular weight is 368 g/mol. The SMILES string of the molecule is CCCS(=O)(=O)N1Cc2cc(CN3CCOCC3)ccc2OC[C@@H]1C. The smallest absolute Gasteiger partial charge is 0.214 e. The van der Waals surface area contributed by atoms with E-state index in [9.17, 15) is 8.42 Å². The predicted octanol–water partition coefficient (Wildman–Crippen LogP) is 1.84. The second-order valence-electron chi connectivity index (χ2n) is 6.85. The number of nitrogens with zero attached hydrogens (tertiary/aromatic N) is 2. The van der Waals surface area contributed by atoms with Crippen molar-refractivity contribution in [3.05, 3.63) is 29.3 Å². The third-order valence-corrected chi connectivity index (χ3v) is 6.88. The summed E-state index contributed by atoms with van der Waals surface area (Å²) in [7, 11) is -3.26. The van der Waals surface area contributed by atoms with E-state index in [-0.39, 0.29) is 11.8 Å². The first kappa shape index (κ1) is 18.6. The Bertz CT molecular complexity index is 686. The van der Waals surface area contributed by atoms with Crippen LogP contribution in [0.25, 0.3) is 0 Å². The van der Waals surface area contributed by atoms with Gasteiger partial charge in [-0.15, -0.1) is 0 Å². The molecule has 2 heterocycles. The van der Waals surface area contributed by atoms with Gasteiger partial charge in [-0.1, -0.05) is 13.0 Å². The topological polar surface area (TPSA) is 59.1 Å². The second kappa shape index (κ2) is 8.03. The van der Waals surface area contributed by atoms with Crippen LogP contribution in [0.15, 0.2) is 18.2 Å². The van der Waals surface area contributed by atoms with Crippen molar-refractivity contribution in [3.63, 3.8) is 0 Å². The first-order chi connectivity index (χ1) is 12.0. The summed E-state index contributed by atoms with van der Waals surface area (Å²) in [6.07, 6.45) is 0.621. The predicted molar refractivity (Wildman–Crippen MR) is 97.1 cm³/mol. The lowest BCUT2D eigenvalue weighted by Crippen LogP contribution is -2.41. The minimum atomic E-state index is -3.26. The van der Waals surface area contributed by atoms with Crippen molar-refractivity contribution in [1.29, 1.82) is 0 Å². The molecule has 0 radical (unpaired) electrons.